The zero-order chi connectivity index (χ0) is 14.3. The van der Waals surface area contributed by atoms with Crippen LogP contribution in [0.4, 0.5) is 5.82 Å². The molecule has 0 aliphatic rings. The fourth-order valence-electron chi connectivity index (χ4n) is 1.50. The van der Waals surface area contributed by atoms with Gasteiger partial charge in [0.25, 0.3) is 0 Å². The summed E-state index contributed by atoms with van der Waals surface area (Å²) in [6.45, 7) is 5.40. The standard InChI is InChI=1S/C13H19BrN2O3/c1-9(2)19-6-4-3-5-15-12-11(13(17)18)7-10(14)8-16-12/h7-9H,3-6H2,1-2H3,(H,15,16)(H,17,18). The first-order chi connectivity index (χ1) is 9.00. The molecule has 1 aromatic heterocycles. The van der Waals surface area contributed by atoms with Crippen LogP contribution in [-0.4, -0.2) is 35.3 Å². The van der Waals surface area contributed by atoms with Gasteiger partial charge in [-0.15, -0.1) is 0 Å². The number of hydrogen-bond donors (Lipinski definition) is 2. The number of hydrogen-bond acceptors (Lipinski definition) is 4. The molecule has 2 N–H and O–H groups in total. The Morgan fingerprint density at radius 2 is 2.26 bits per heavy atom. The Balaban J connectivity index is 2.39. The van der Waals surface area contributed by atoms with Crippen LogP contribution in [0, 0.1) is 0 Å². The van der Waals surface area contributed by atoms with E-state index in [9.17, 15) is 4.79 Å². The van der Waals surface area contributed by atoms with Gasteiger partial charge in [0.05, 0.1) is 6.10 Å². The molecular weight excluding hydrogens is 312 g/mol. The minimum Gasteiger partial charge on any atom is -0.478 e. The molecule has 6 heteroatoms. The zero-order valence-electron chi connectivity index (χ0n) is 11.1. The van der Waals surface area contributed by atoms with E-state index in [2.05, 4.69) is 26.2 Å². The molecule has 0 unspecified atom stereocenters. The van der Waals surface area contributed by atoms with Gasteiger partial charge in [-0.05, 0) is 48.7 Å². The Kier molecular flexibility index (Phi) is 6.80. The molecule has 106 valence electrons. The van der Waals surface area contributed by atoms with Crippen molar-refractivity contribution >= 4 is 27.7 Å². The number of pyridine rings is 1. The van der Waals surface area contributed by atoms with Gasteiger partial charge in [0.2, 0.25) is 0 Å². The van der Waals surface area contributed by atoms with E-state index in [0.29, 0.717) is 16.8 Å². The molecule has 0 aliphatic heterocycles. The second-order valence-corrected chi connectivity index (χ2v) is 5.32. The van der Waals surface area contributed by atoms with Gasteiger partial charge in [0, 0.05) is 23.8 Å². The maximum Gasteiger partial charge on any atom is 0.339 e. The highest BCUT2D eigenvalue weighted by Crippen LogP contribution is 2.18. The topological polar surface area (TPSA) is 71.5 Å². The van der Waals surface area contributed by atoms with Crippen LogP contribution in [0.1, 0.15) is 37.0 Å². The quantitative estimate of drug-likeness (QED) is 0.716. The number of aromatic nitrogens is 1. The summed E-state index contributed by atoms with van der Waals surface area (Å²) in [5.74, 6) is -0.583. The number of carbonyl (C=O) groups is 1. The van der Waals surface area contributed by atoms with Gasteiger partial charge >= 0.3 is 5.97 Å². The SMILES string of the molecule is CC(C)OCCCCNc1ncc(Br)cc1C(=O)O. The first-order valence-electron chi connectivity index (χ1n) is 6.25. The van der Waals surface area contributed by atoms with Crippen LogP contribution in [0.25, 0.3) is 0 Å². The van der Waals surface area contributed by atoms with Crippen molar-refractivity contribution in [2.24, 2.45) is 0 Å². The molecule has 0 aromatic carbocycles. The van der Waals surface area contributed by atoms with Crippen molar-refractivity contribution < 1.29 is 14.6 Å². The zero-order valence-corrected chi connectivity index (χ0v) is 12.7. The Labute approximate surface area is 121 Å². The number of nitrogens with zero attached hydrogens (tertiary/aromatic N) is 1. The van der Waals surface area contributed by atoms with Crippen LogP contribution in [-0.2, 0) is 4.74 Å². The van der Waals surface area contributed by atoms with Gasteiger partial charge in [-0.25, -0.2) is 9.78 Å². The fraction of sp³-hybridized carbons (Fsp3) is 0.538. The number of aromatic carboxylic acids is 1. The first-order valence-corrected chi connectivity index (χ1v) is 7.04. The summed E-state index contributed by atoms with van der Waals surface area (Å²) in [6, 6.07) is 1.54. The Morgan fingerprint density at radius 3 is 2.89 bits per heavy atom. The first kappa shape index (κ1) is 15.9. The Bertz CT molecular complexity index is 424. The molecule has 19 heavy (non-hydrogen) atoms. The van der Waals surface area contributed by atoms with Crippen molar-refractivity contribution in [3.8, 4) is 0 Å². The predicted molar refractivity (Wildman–Crippen MR) is 77.7 cm³/mol. The molecule has 1 rings (SSSR count). The van der Waals surface area contributed by atoms with Gasteiger partial charge in [-0.2, -0.15) is 0 Å². The number of carboxylic acid groups (broad SMARTS) is 1. The predicted octanol–water partition coefficient (Wildman–Crippen LogP) is 3.16. The number of carboxylic acids is 1. The number of nitrogens with one attached hydrogen (secondary N) is 1. The molecule has 5 nitrogen and oxygen atoms in total. The molecule has 0 spiro atoms. The lowest BCUT2D eigenvalue weighted by atomic mass is 10.2. The number of rotatable bonds is 8. The summed E-state index contributed by atoms with van der Waals surface area (Å²) in [7, 11) is 0. The van der Waals surface area contributed by atoms with Crippen LogP contribution >= 0.6 is 15.9 Å². The highest BCUT2D eigenvalue weighted by atomic mass is 79.9. The number of halogens is 1. The number of ether oxygens (including phenoxy) is 1. The van der Waals surface area contributed by atoms with Gasteiger partial charge in [0.15, 0.2) is 0 Å². The minimum atomic E-state index is -0.987. The molecule has 0 radical (unpaired) electrons. The Hall–Kier alpha value is -1.14. The summed E-state index contributed by atoms with van der Waals surface area (Å²) < 4.78 is 6.08. The third kappa shape index (κ3) is 6.02. The molecule has 0 fully saturated rings. The Morgan fingerprint density at radius 1 is 1.53 bits per heavy atom. The van der Waals surface area contributed by atoms with Crippen LogP contribution in [0.3, 0.4) is 0 Å². The molecule has 1 aromatic rings. The second kappa shape index (κ2) is 8.12. The summed E-state index contributed by atoms with van der Waals surface area (Å²) in [4.78, 5) is 15.1. The fourth-order valence-corrected chi connectivity index (χ4v) is 1.83. The minimum absolute atomic E-state index is 0.174. The van der Waals surface area contributed by atoms with Gasteiger partial charge in [-0.1, -0.05) is 0 Å². The van der Waals surface area contributed by atoms with Crippen molar-refractivity contribution in [2.75, 3.05) is 18.5 Å². The summed E-state index contributed by atoms with van der Waals surface area (Å²) >= 11 is 3.21. The smallest absolute Gasteiger partial charge is 0.339 e. The average molecular weight is 331 g/mol. The largest absolute Gasteiger partial charge is 0.478 e. The van der Waals surface area contributed by atoms with Crippen LogP contribution in [0.2, 0.25) is 0 Å². The lowest BCUT2D eigenvalue weighted by Gasteiger charge is -2.10. The molecular formula is C13H19BrN2O3. The van der Waals surface area contributed by atoms with Crippen LogP contribution < -0.4 is 5.32 Å². The van der Waals surface area contributed by atoms with Crippen molar-refractivity contribution in [1.82, 2.24) is 4.98 Å². The summed E-state index contributed by atoms with van der Waals surface area (Å²) in [5.41, 5.74) is 0.174. The van der Waals surface area contributed by atoms with Crippen molar-refractivity contribution in [3.63, 3.8) is 0 Å². The lowest BCUT2D eigenvalue weighted by Crippen LogP contribution is -2.11. The summed E-state index contributed by atoms with van der Waals surface area (Å²) in [5, 5.41) is 12.1. The number of unbranched alkanes of at least 4 members (excludes halogenated alkanes) is 1. The average Bonchev–Trinajstić information content (AvgIpc) is 2.34. The second-order valence-electron chi connectivity index (χ2n) is 4.41. The van der Waals surface area contributed by atoms with E-state index in [1.54, 1.807) is 12.3 Å². The van der Waals surface area contributed by atoms with Gasteiger partial charge in [0.1, 0.15) is 11.4 Å². The lowest BCUT2D eigenvalue weighted by molar-refractivity contribution is 0.0696. The van der Waals surface area contributed by atoms with Crippen LogP contribution in [0.15, 0.2) is 16.7 Å². The van der Waals surface area contributed by atoms with E-state index >= 15 is 0 Å². The van der Waals surface area contributed by atoms with E-state index in [-0.39, 0.29) is 11.7 Å². The van der Waals surface area contributed by atoms with Crippen molar-refractivity contribution in [3.05, 3.63) is 22.3 Å². The highest BCUT2D eigenvalue weighted by Gasteiger charge is 2.11. The molecule has 0 aliphatic carbocycles. The maximum absolute atomic E-state index is 11.1. The highest BCUT2D eigenvalue weighted by molar-refractivity contribution is 9.10. The normalized spacial score (nSPS) is 10.7. The molecule has 1 heterocycles. The van der Waals surface area contributed by atoms with E-state index in [1.807, 2.05) is 13.8 Å². The van der Waals surface area contributed by atoms with E-state index in [1.165, 1.54) is 0 Å². The van der Waals surface area contributed by atoms with Crippen molar-refractivity contribution in [1.29, 1.82) is 0 Å². The molecule has 0 saturated carbocycles. The maximum atomic E-state index is 11.1. The van der Waals surface area contributed by atoms with Gasteiger partial charge < -0.3 is 15.2 Å². The third-order valence-electron chi connectivity index (χ3n) is 2.40. The van der Waals surface area contributed by atoms with Crippen LogP contribution in [0.5, 0.6) is 0 Å². The summed E-state index contributed by atoms with van der Waals surface area (Å²) in [6.07, 6.45) is 3.67. The van der Waals surface area contributed by atoms with Gasteiger partial charge in [-0.3, -0.25) is 0 Å². The van der Waals surface area contributed by atoms with E-state index in [4.69, 9.17) is 9.84 Å². The molecule has 0 amide bonds. The monoisotopic (exact) mass is 330 g/mol. The third-order valence-corrected chi connectivity index (χ3v) is 2.83. The molecule has 0 saturated heterocycles. The van der Waals surface area contributed by atoms with E-state index in [0.717, 1.165) is 19.4 Å². The van der Waals surface area contributed by atoms with E-state index < -0.39 is 5.97 Å². The molecule has 0 atom stereocenters. The number of anilines is 1. The van der Waals surface area contributed by atoms with Crippen molar-refractivity contribution in [2.45, 2.75) is 32.8 Å². The molecule has 0 bridgehead atoms.